The highest BCUT2D eigenvalue weighted by Crippen LogP contribution is 2.31. The number of nitro groups is 1. The lowest BCUT2D eigenvalue weighted by molar-refractivity contribution is -0.384. The van der Waals surface area contributed by atoms with E-state index in [2.05, 4.69) is 10.2 Å². The van der Waals surface area contributed by atoms with E-state index in [4.69, 9.17) is 9.47 Å². The molecule has 29 heavy (non-hydrogen) atoms. The van der Waals surface area contributed by atoms with Crippen molar-refractivity contribution in [1.82, 2.24) is 14.8 Å². The minimum Gasteiger partial charge on any atom is -0.493 e. The van der Waals surface area contributed by atoms with Gasteiger partial charge in [-0.05, 0) is 31.5 Å². The topological polar surface area (TPSA) is 92.3 Å². The summed E-state index contributed by atoms with van der Waals surface area (Å²) in [5.74, 6) is 2.67. The van der Waals surface area contributed by atoms with Gasteiger partial charge in [-0.2, -0.15) is 0 Å². The van der Waals surface area contributed by atoms with E-state index < -0.39 is 4.92 Å². The van der Waals surface area contributed by atoms with Gasteiger partial charge in [0, 0.05) is 24.4 Å². The van der Waals surface area contributed by atoms with Gasteiger partial charge in [-0.25, -0.2) is 0 Å². The maximum atomic E-state index is 10.8. The molecule has 0 aliphatic carbocycles. The summed E-state index contributed by atoms with van der Waals surface area (Å²) in [7, 11) is 1.61. The molecule has 0 aliphatic rings. The number of aromatic nitrogens is 3. The van der Waals surface area contributed by atoms with E-state index in [0.717, 1.165) is 16.5 Å². The van der Waals surface area contributed by atoms with Crippen LogP contribution in [-0.2, 0) is 12.3 Å². The lowest BCUT2D eigenvalue weighted by Gasteiger charge is -2.17. The average Bonchev–Trinajstić information content (AvgIpc) is 3.16. The van der Waals surface area contributed by atoms with Crippen LogP contribution in [-0.4, -0.2) is 26.8 Å². The molecule has 1 unspecified atom stereocenters. The Morgan fingerprint density at radius 3 is 2.45 bits per heavy atom. The van der Waals surface area contributed by atoms with Gasteiger partial charge in [0.15, 0.2) is 28.6 Å². The van der Waals surface area contributed by atoms with Crippen molar-refractivity contribution < 1.29 is 14.4 Å². The highest BCUT2D eigenvalue weighted by Gasteiger charge is 2.20. The molecule has 8 nitrogen and oxygen atoms in total. The first-order valence-electron chi connectivity index (χ1n) is 9.12. The molecule has 3 rings (SSSR count). The zero-order valence-corrected chi connectivity index (χ0v) is 17.3. The Morgan fingerprint density at radius 2 is 1.83 bits per heavy atom. The normalized spacial score (nSPS) is 11.8. The Bertz CT molecular complexity index is 975. The van der Waals surface area contributed by atoms with Crippen molar-refractivity contribution >= 4 is 17.4 Å². The first-order valence-corrected chi connectivity index (χ1v) is 10.1. The summed E-state index contributed by atoms with van der Waals surface area (Å²) in [6, 6.07) is 14.0. The largest absolute Gasteiger partial charge is 0.493 e. The van der Waals surface area contributed by atoms with Crippen molar-refractivity contribution in [3.05, 3.63) is 70.0 Å². The summed E-state index contributed by atoms with van der Waals surface area (Å²) in [6.07, 6.45) is -0.313. The summed E-state index contributed by atoms with van der Waals surface area (Å²) in [5, 5.41) is 20.2. The van der Waals surface area contributed by atoms with Crippen LogP contribution in [0.25, 0.3) is 0 Å². The molecular weight excluding hydrogens is 392 g/mol. The van der Waals surface area contributed by atoms with Gasteiger partial charge in [0.2, 0.25) is 0 Å². The number of hydrogen-bond acceptors (Lipinski definition) is 7. The molecule has 3 aromatic rings. The van der Waals surface area contributed by atoms with Gasteiger partial charge in [0.05, 0.1) is 12.0 Å². The van der Waals surface area contributed by atoms with Crippen LogP contribution in [0.5, 0.6) is 11.5 Å². The Morgan fingerprint density at radius 1 is 1.14 bits per heavy atom. The number of methoxy groups -OCH3 is 1. The number of nitrogens with zero attached hydrogens (tertiary/aromatic N) is 4. The van der Waals surface area contributed by atoms with Crippen LogP contribution in [0, 0.1) is 10.1 Å². The van der Waals surface area contributed by atoms with E-state index in [1.165, 1.54) is 23.9 Å². The summed E-state index contributed by atoms with van der Waals surface area (Å²) in [4.78, 5) is 10.4. The minimum atomic E-state index is -0.403. The van der Waals surface area contributed by atoms with Crippen molar-refractivity contribution in [2.75, 3.05) is 7.11 Å². The number of non-ortho nitro benzene ring substituents is 1. The Balaban J connectivity index is 1.71. The SMILES string of the molecule is CCn1c(SCc2ccc([N+](=O)[O-])cc2)nnc1C(C)Oc1ccccc1OC. The maximum Gasteiger partial charge on any atom is 0.269 e. The number of para-hydroxylation sites is 2. The molecule has 2 aromatic carbocycles. The highest BCUT2D eigenvalue weighted by molar-refractivity contribution is 7.98. The average molecular weight is 414 g/mol. The van der Waals surface area contributed by atoms with Crippen LogP contribution in [0.15, 0.2) is 53.7 Å². The second kappa shape index (κ2) is 9.42. The van der Waals surface area contributed by atoms with Gasteiger partial charge in [0.1, 0.15) is 0 Å². The summed E-state index contributed by atoms with van der Waals surface area (Å²) >= 11 is 1.53. The van der Waals surface area contributed by atoms with Crippen LogP contribution >= 0.6 is 11.8 Å². The predicted molar refractivity (Wildman–Crippen MR) is 110 cm³/mol. The number of hydrogen-bond donors (Lipinski definition) is 0. The van der Waals surface area contributed by atoms with Gasteiger partial charge in [-0.1, -0.05) is 36.0 Å². The third-order valence-corrected chi connectivity index (χ3v) is 5.35. The van der Waals surface area contributed by atoms with Crippen LogP contribution < -0.4 is 9.47 Å². The van der Waals surface area contributed by atoms with Gasteiger partial charge >= 0.3 is 0 Å². The van der Waals surface area contributed by atoms with Gasteiger partial charge in [0.25, 0.3) is 5.69 Å². The van der Waals surface area contributed by atoms with E-state index in [1.807, 2.05) is 42.7 Å². The van der Waals surface area contributed by atoms with Crippen molar-refractivity contribution in [3.63, 3.8) is 0 Å². The summed E-state index contributed by atoms with van der Waals surface area (Å²) in [5.41, 5.74) is 1.06. The van der Waals surface area contributed by atoms with E-state index in [1.54, 1.807) is 19.2 Å². The second-order valence-electron chi connectivity index (χ2n) is 6.21. The molecular formula is C20H22N4O4S. The van der Waals surface area contributed by atoms with E-state index in [9.17, 15) is 10.1 Å². The van der Waals surface area contributed by atoms with Gasteiger partial charge < -0.3 is 14.0 Å². The Kier molecular flexibility index (Phi) is 6.71. The third kappa shape index (κ3) is 4.86. The molecule has 152 valence electrons. The van der Waals surface area contributed by atoms with Gasteiger partial charge in [-0.3, -0.25) is 10.1 Å². The number of rotatable bonds is 9. The Labute approximate surface area is 173 Å². The Hall–Kier alpha value is -3.07. The number of benzene rings is 2. The molecule has 1 heterocycles. The molecule has 0 saturated heterocycles. The fourth-order valence-corrected chi connectivity index (χ4v) is 3.79. The quantitative estimate of drug-likeness (QED) is 0.286. The number of nitro benzene ring substituents is 1. The number of ether oxygens (including phenoxy) is 2. The van der Waals surface area contributed by atoms with Crippen LogP contribution in [0.4, 0.5) is 5.69 Å². The van der Waals surface area contributed by atoms with Crippen LogP contribution in [0.3, 0.4) is 0 Å². The fourth-order valence-electron chi connectivity index (χ4n) is 2.83. The molecule has 0 spiro atoms. The van der Waals surface area contributed by atoms with E-state index in [-0.39, 0.29) is 11.8 Å². The smallest absolute Gasteiger partial charge is 0.269 e. The van der Waals surface area contributed by atoms with Crippen LogP contribution in [0.1, 0.15) is 31.3 Å². The molecule has 0 saturated carbocycles. The van der Waals surface area contributed by atoms with Gasteiger partial charge in [-0.15, -0.1) is 10.2 Å². The zero-order valence-electron chi connectivity index (χ0n) is 16.4. The second-order valence-corrected chi connectivity index (χ2v) is 7.15. The summed E-state index contributed by atoms with van der Waals surface area (Å²) < 4.78 is 13.4. The molecule has 0 amide bonds. The minimum absolute atomic E-state index is 0.0834. The molecule has 9 heteroatoms. The molecule has 0 aliphatic heterocycles. The standard InChI is InChI=1S/C20H22N4O4S/c1-4-23-19(14(2)28-18-8-6-5-7-17(18)27-3)21-22-20(23)29-13-15-9-11-16(12-10-15)24(25)26/h5-12,14H,4,13H2,1-3H3. The monoisotopic (exact) mass is 414 g/mol. The van der Waals surface area contributed by atoms with Crippen molar-refractivity contribution in [2.24, 2.45) is 0 Å². The van der Waals surface area contributed by atoms with E-state index >= 15 is 0 Å². The predicted octanol–water partition coefficient (Wildman–Crippen LogP) is 4.65. The number of thioether (sulfide) groups is 1. The van der Waals surface area contributed by atoms with Crippen molar-refractivity contribution in [1.29, 1.82) is 0 Å². The lowest BCUT2D eigenvalue weighted by Crippen LogP contribution is -2.12. The molecule has 0 fully saturated rings. The van der Waals surface area contributed by atoms with E-state index in [0.29, 0.717) is 23.8 Å². The molecule has 0 radical (unpaired) electrons. The molecule has 0 N–H and O–H groups in total. The van der Waals surface area contributed by atoms with Crippen LogP contribution in [0.2, 0.25) is 0 Å². The highest BCUT2D eigenvalue weighted by atomic mass is 32.2. The molecule has 1 atom stereocenters. The first-order chi connectivity index (χ1) is 14.0. The zero-order chi connectivity index (χ0) is 20.8. The summed E-state index contributed by atoms with van der Waals surface area (Å²) in [6.45, 7) is 4.65. The first kappa shape index (κ1) is 20.7. The molecule has 1 aromatic heterocycles. The molecule has 0 bridgehead atoms. The lowest BCUT2D eigenvalue weighted by atomic mass is 10.2. The van der Waals surface area contributed by atoms with Crippen molar-refractivity contribution in [2.45, 2.75) is 37.4 Å². The maximum absolute atomic E-state index is 10.8. The van der Waals surface area contributed by atoms with Crippen molar-refractivity contribution in [3.8, 4) is 11.5 Å². The fraction of sp³-hybridized carbons (Fsp3) is 0.300. The third-order valence-electron chi connectivity index (χ3n) is 4.31.